The average molecular weight is 550 g/mol. The number of carbonyl (C=O) groups excluding carboxylic acids is 1. The standard InChI is InChI=1S/C25H28FN3O6S2/c1-18-6-15-24(35-2)23(17-18)28-37(33,34)22-13-9-20(10-14-22)27-25(30)5-4-16-29(36(3,31)32)21-11-7-19(26)8-12-21/h6-15,17,28H,4-5,16H2,1-3H3,(H,27,30). The lowest BCUT2D eigenvalue weighted by Crippen LogP contribution is -2.31. The van der Waals surface area contributed by atoms with Crippen molar-refractivity contribution in [3.63, 3.8) is 0 Å². The Hall–Kier alpha value is -3.64. The molecule has 2 N–H and O–H groups in total. The average Bonchev–Trinajstić information content (AvgIpc) is 2.82. The number of halogens is 1. The molecule has 0 spiro atoms. The lowest BCUT2D eigenvalue weighted by Gasteiger charge is -2.22. The summed E-state index contributed by atoms with van der Waals surface area (Å²) in [6, 6.07) is 15.8. The minimum Gasteiger partial charge on any atom is -0.495 e. The maximum atomic E-state index is 13.2. The molecule has 9 nitrogen and oxygen atoms in total. The second kappa shape index (κ2) is 11.6. The number of ether oxygens (including phenoxy) is 1. The van der Waals surface area contributed by atoms with Crippen LogP contribution in [0.1, 0.15) is 18.4 Å². The van der Waals surface area contributed by atoms with E-state index in [1.807, 2.05) is 6.92 Å². The van der Waals surface area contributed by atoms with Gasteiger partial charge in [0, 0.05) is 18.7 Å². The van der Waals surface area contributed by atoms with Crippen molar-refractivity contribution in [3.8, 4) is 5.75 Å². The van der Waals surface area contributed by atoms with Crippen LogP contribution in [-0.4, -0.2) is 42.7 Å². The number of aryl methyl sites for hydroxylation is 1. The molecule has 0 aromatic heterocycles. The van der Waals surface area contributed by atoms with Crippen molar-refractivity contribution in [2.75, 3.05) is 34.3 Å². The highest BCUT2D eigenvalue weighted by Gasteiger charge is 2.19. The number of amides is 1. The summed E-state index contributed by atoms with van der Waals surface area (Å²) in [6.07, 6.45) is 1.27. The number of sulfonamides is 2. The van der Waals surface area contributed by atoms with Gasteiger partial charge >= 0.3 is 0 Å². The number of nitrogens with one attached hydrogen (secondary N) is 2. The molecular weight excluding hydrogens is 521 g/mol. The van der Waals surface area contributed by atoms with Crippen molar-refractivity contribution < 1.29 is 30.8 Å². The van der Waals surface area contributed by atoms with Crippen molar-refractivity contribution >= 4 is 43.0 Å². The monoisotopic (exact) mass is 549 g/mol. The number of hydrogen-bond donors (Lipinski definition) is 2. The molecule has 0 atom stereocenters. The normalized spacial score (nSPS) is 11.6. The summed E-state index contributed by atoms with van der Waals surface area (Å²) in [7, 11) is -6.08. The Kier molecular flexibility index (Phi) is 8.77. The molecule has 37 heavy (non-hydrogen) atoms. The minimum absolute atomic E-state index is 0.00264. The third kappa shape index (κ3) is 7.67. The first kappa shape index (κ1) is 27.9. The molecule has 0 aliphatic rings. The number of rotatable bonds is 11. The predicted molar refractivity (Wildman–Crippen MR) is 141 cm³/mol. The lowest BCUT2D eigenvalue weighted by atomic mass is 10.2. The molecule has 12 heteroatoms. The second-order valence-corrected chi connectivity index (χ2v) is 11.9. The highest BCUT2D eigenvalue weighted by molar-refractivity contribution is 7.92. The van der Waals surface area contributed by atoms with Crippen molar-refractivity contribution in [2.24, 2.45) is 0 Å². The number of benzene rings is 3. The smallest absolute Gasteiger partial charge is 0.262 e. The first-order valence-electron chi connectivity index (χ1n) is 11.2. The van der Waals surface area contributed by atoms with E-state index in [1.165, 1.54) is 43.5 Å². The summed E-state index contributed by atoms with van der Waals surface area (Å²) in [5.74, 6) is -0.473. The number of methoxy groups -OCH3 is 1. The minimum atomic E-state index is -3.90. The van der Waals surface area contributed by atoms with Crippen LogP contribution in [0, 0.1) is 12.7 Å². The molecule has 0 bridgehead atoms. The molecule has 1 amide bonds. The van der Waals surface area contributed by atoms with Crippen LogP contribution in [0.25, 0.3) is 0 Å². The summed E-state index contributed by atoms with van der Waals surface area (Å²) in [5, 5.41) is 2.66. The lowest BCUT2D eigenvalue weighted by molar-refractivity contribution is -0.116. The van der Waals surface area contributed by atoms with Crippen LogP contribution in [0.3, 0.4) is 0 Å². The zero-order chi connectivity index (χ0) is 27.2. The molecule has 3 aromatic carbocycles. The van der Waals surface area contributed by atoms with Crippen molar-refractivity contribution in [1.82, 2.24) is 0 Å². The number of hydrogen-bond acceptors (Lipinski definition) is 6. The Morgan fingerprint density at radius 2 is 1.62 bits per heavy atom. The maximum absolute atomic E-state index is 13.2. The molecule has 198 valence electrons. The second-order valence-electron chi connectivity index (χ2n) is 8.30. The maximum Gasteiger partial charge on any atom is 0.262 e. The zero-order valence-corrected chi connectivity index (χ0v) is 22.2. The van der Waals surface area contributed by atoms with Gasteiger partial charge in [0.1, 0.15) is 11.6 Å². The van der Waals surface area contributed by atoms with Crippen LogP contribution in [-0.2, 0) is 24.8 Å². The Labute approximate surface area is 216 Å². The molecule has 0 heterocycles. The summed E-state index contributed by atoms with van der Waals surface area (Å²) >= 11 is 0. The molecule has 3 rings (SSSR count). The number of carbonyl (C=O) groups is 1. The Balaban J connectivity index is 1.59. The molecule has 0 saturated carbocycles. The van der Waals surface area contributed by atoms with Crippen molar-refractivity contribution in [3.05, 3.63) is 78.1 Å². The van der Waals surface area contributed by atoms with E-state index in [4.69, 9.17) is 4.74 Å². The zero-order valence-electron chi connectivity index (χ0n) is 20.6. The topological polar surface area (TPSA) is 122 Å². The van der Waals surface area contributed by atoms with Crippen LogP contribution >= 0.6 is 0 Å². The van der Waals surface area contributed by atoms with Gasteiger partial charge in [0.2, 0.25) is 15.9 Å². The molecule has 0 aliphatic carbocycles. The van der Waals surface area contributed by atoms with E-state index in [-0.39, 0.29) is 30.2 Å². The van der Waals surface area contributed by atoms with E-state index in [2.05, 4.69) is 10.0 Å². The van der Waals surface area contributed by atoms with E-state index in [9.17, 15) is 26.0 Å². The van der Waals surface area contributed by atoms with Gasteiger partial charge in [-0.2, -0.15) is 0 Å². The van der Waals surface area contributed by atoms with Crippen molar-refractivity contribution in [1.29, 1.82) is 0 Å². The molecule has 0 aliphatic heterocycles. The fourth-order valence-corrected chi connectivity index (χ4v) is 5.55. The summed E-state index contributed by atoms with van der Waals surface area (Å²) in [4.78, 5) is 12.4. The van der Waals surface area contributed by atoms with Gasteiger partial charge in [0.25, 0.3) is 10.0 Å². The van der Waals surface area contributed by atoms with E-state index in [1.54, 1.807) is 18.2 Å². The van der Waals surface area contributed by atoms with Gasteiger partial charge in [-0.3, -0.25) is 13.8 Å². The van der Waals surface area contributed by atoms with Gasteiger partial charge in [-0.25, -0.2) is 21.2 Å². The summed E-state index contributed by atoms with van der Waals surface area (Å²) in [6.45, 7) is 1.86. The fourth-order valence-electron chi connectivity index (χ4n) is 3.52. The quantitative estimate of drug-likeness (QED) is 0.371. The van der Waals surface area contributed by atoms with Gasteiger partial charge in [-0.05, 0) is 79.6 Å². The highest BCUT2D eigenvalue weighted by atomic mass is 32.2. The molecular formula is C25H28FN3O6S2. The van der Waals surface area contributed by atoms with Crippen LogP contribution in [0.4, 0.5) is 21.5 Å². The highest BCUT2D eigenvalue weighted by Crippen LogP contribution is 2.28. The third-order valence-corrected chi connectivity index (χ3v) is 7.90. The van der Waals surface area contributed by atoms with Gasteiger partial charge in [-0.1, -0.05) is 6.07 Å². The fraction of sp³-hybridized carbons (Fsp3) is 0.240. The van der Waals surface area contributed by atoms with E-state index in [0.717, 1.165) is 28.3 Å². The summed E-state index contributed by atoms with van der Waals surface area (Å²) in [5.41, 5.74) is 1.85. The number of anilines is 3. The first-order chi connectivity index (χ1) is 17.4. The first-order valence-corrected chi connectivity index (χ1v) is 14.5. The molecule has 0 unspecified atom stereocenters. The van der Waals surface area contributed by atoms with Crippen LogP contribution in [0.5, 0.6) is 5.75 Å². The predicted octanol–water partition coefficient (Wildman–Crippen LogP) is 4.13. The van der Waals surface area contributed by atoms with Gasteiger partial charge in [-0.15, -0.1) is 0 Å². The van der Waals surface area contributed by atoms with Gasteiger partial charge in [0.05, 0.1) is 29.6 Å². The largest absolute Gasteiger partial charge is 0.495 e. The van der Waals surface area contributed by atoms with Crippen LogP contribution in [0.15, 0.2) is 71.6 Å². The Morgan fingerprint density at radius 1 is 0.973 bits per heavy atom. The van der Waals surface area contributed by atoms with E-state index in [0.29, 0.717) is 22.8 Å². The van der Waals surface area contributed by atoms with E-state index >= 15 is 0 Å². The van der Waals surface area contributed by atoms with Crippen LogP contribution in [0.2, 0.25) is 0 Å². The van der Waals surface area contributed by atoms with Gasteiger partial charge in [0.15, 0.2) is 0 Å². The van der Waals surface area contributed by atoms with Crippen LogP contribution < -0.4 is 19.1 Å². The number of nitrogens with zero attached hydrogens (tertiary/aromatic N) is 1. The Morgan fingerprint density at radius 3 is 2.22 bits per heavy atom. The van der Waals surface area contributed by atoms with Gasteiger partial charge < -0.3 is 10.1 Å². The SMILES string of the molecule is COc1ccc(C)cc1NS(=O)(=O)c1ccc(NC(=O)CCCN(c2ccc(F)cc2)S(C)(=O)=O)cc1. The van der Waals surface area contributed by atoms with Crippen molar-refractivity contribution in [2.45, 2.75) is 24.7 Å². The molecule has 0 fully saturated rings. The summed E-state index contributed by atoms with van der Waals surface area (Å²) < 4.78 is 71.9. The molecule has 0 saturated heterocycles. The molecule has 0 radical (unpaired) electrons. The van der Waals surface area contributed by atoms with E-state index < -0.39 is 25.9 Å². The molecule has 3 aromatic rings. The Bertz CT molecular complexity index is 1460. The third-order valence-electron chi connectivity index (χ3n) is 5.33.